The van der Waals surface area contributed by atoms with Crippen molar-refractivity contribution in [3.8, 4) is 0 Å². The zero-order valence-corrected chi connectivity index (χ0v) is 12.4. The highest BCUT2D eigenvalue weighted by molar-refractivity contribution is 7.80. The van der Waals surface area contributed by atoms with Crippen LogP contribution in [0.1, 0.15) is 0 Å². The summed E-state index contributed by atoms with van der Waals surface area (Å²) in [6, 6.07) is 9.20. The fraction of sp³-hybridized carbons (Fsp3) is 0.462. The smallest absolute Gasteiger partial charge is 0.185 e. The van der Waals surface area contributed by atoms with Crippen LogP contribution in [-0.2, 0) is 4.74 Å². The maximum absolute atomic E-state index is 9.84. The Balaban J connectivity index is 1.86. The van der Waals surface area contributed by atoms with E-state index in [9.17, 15) is 15.3 Å². The van der Waals surface area contributed by atoms with E-state index in [2.05, 4.69) is 16.2 Å². The van der Waals surface area contributed by atoms with Gasteiger partial charge in [0.25, 0.3) is 0 Å². The standard InChI is InChI=1S/C13H19N3O5S/c17-6-8-9(18)10(19)11(20)12(21-8)15-16-13(22)14-7-4-2-1-3-5-7/h1-5,8-12,15,17-20H,6H2,(H2,14,16,22)/t8-,9-,10+,11+,12-/m0/s1. The summed E-state index contributed by atoms with van der Waals surface area (Å²) in [6.45, 7) is -0.490. The first-order valence-electron chi connectivity index (χ1n) is 6.71. The minimum atomic E-state index is -1.44. The summed E-state index contributed by atoms with van der Waals surface area (Å²) in [5, 5.41) is 41.4. The molecule has 1 saturated heterocycles. The number of aliphatic hydroxyl groups excluding tert-OH is 4. The third-order valence-electron chi connectivity index (χ3n) is 3.25. The molecule has 0 aliphatic carbocycles. The molecule has 0 aromatic heterocycles. The molecule has 1 heterocycles. The fourth-order valence-corrected chi connectivity index (χ4v) is 2.22. The van der Waals surface area contributed by atoms with Crippen molar-refractivity contribution < 1.29 is 25.2 Å². The largest absolute Gasteiger partial charge is 0.394 e. The van der Waals surface area contributed by atoms with Gasteiger partial charge in [0.15, 0.2) is 11.3 Å². The van der Waals surface area contributed by atoms with Gasteiger partial charge < -0.3 is 30.5 Å². The van der Waals surface area contributed by atoms with E-state index in [1.165, 1.54) is 0 Å². The number of aliphatic hydroxyl groups is 4. The van der Waals surface area contributed by atoms with E-state index in [1.807, 2.05) is 30.3 Å². The lowest BCUT2D eigenvalue weighted by Crippen LogP contribution is -2.65. The molecule has 1 aromatic rings. The minimum absolute atomic E-state index is 0.225. The van der Waals surface area contributed by atoms with E-state index >= 15 is 0 Å². The third-order valence-corrected chi connectivity index (χ3v) is 3.46. The minimum Gasteiger partial charge on any atom is -0.394 e. The second kappa shape index (κ2) is 7.79. The van der Waals surface area contributed by atoms with Crippen LogP contribution in [0.3, 0.4) is 0 Å². The zero-order chi connectivity index (χ0) is 16.1. The van der Waals surface area contributed by atoms with E-state index < -0.39 is 37.3 Å². The number of hydrazine groups is 1. The number of benzene rings is 1. The highest BCUT2D eigenvalue weighted by atomic mass is 32.1. The molecular formula is C13H19N3O5S. The van der Waals surface area contributed by atoms with Gasteiger partial charge in [0, 0.05) is 5.69 Å². The number of thiocarbonyl (C=S) groups is 1. The van der Waals surface area contributed by atoms with Crippen LogP contribution in [-0.4, -0.2) is 62.8 Å². The first-order chi connectivity index (χ1) is 10.5. The molecule has 0 bridgehead atoms. The van der Waals surface area contributed by atoms with Crippen LogP contribution in [0.2, 0.25) is 0 Å². The molecule has 1 aromatic carbocycles. The van der Waals surface area contributed by atoms with Crippen molar-refractivity contribution in [2.24, 2.45) is 0 Å². The molecule has 0 spiro atoms. The second-order valence-corrected chi connectivity index (χ2v) is 5.25. The average molecular weight is 329 g/mol. The molecule has 1 aliphatic heterocycles. The summed E-state index contributed by atoms with van der Waals surface area (Å²) < 4.78 is 5.26. The molecule has 1 fully saturated rings. The molecule has 2 rings (SSSR count). The Kier molecular flexibility index (Phi) is 6.03. The maximum Gasteiger partial charge on any atom is 0.185 e. The molecule has 9 heteroatoms. The van der Waals surface area contributed by atoms with Gasteiger partial charge in [-0.2, -0.15) is 0 Å². The predicted octanol–water partition coefficient (Wildman–Crippen LogP) is -1.72. The molecule has 0 amide bonds. The Hall–Kier alpha value is -1.33. The lowest BCUT2D eigenvalue weighted by atomic mass is 9.99. The van der Waals surface area contributed by atoms with Crippen molar-refractivity contribution in [1.29, 1.82) is 0 Å². The maximum atomic E-state index is 9.84. The number of hydrogen-bond donors (Lipinski definition) is 7. The van der Waals surface area contributed by atoms with Crippen molar-refractivity contribution in [2.45, 2.75) is 30.6 Å². The Morgan fingerprint density at radius 1 is 1.09 bits per heavy atom. The van der Waals surface area contributed by atoms with Crippen LogP contribution in [0.25, 0.3) is 0 Å². The molecule has 22 heavy (non-hydrogen) atoms. The highest BCUT2D eigenvalue weighted by Gasteiger charge is 2.43. The Morgan fingerprint density at radius 3 is 2.41 bits per heavy atom. The van der Waals surface area contributed by atoms with Gasteiger partial charge >= 0.3 is 0 Å². The molecule has 0 saturated carbocycles. The van der Waals surface area contributed by atoms with Crippen LogP contribution in [0.4, 0.5) is 5.69 Å². The quantitative estimate of drug-likeness (QED) is 0.255. The van der Waals surface area contributed by atoms with Crippen LogP contribution in [0, 0.1) is 0 Å². The topological polar surface area (TPSA) is 126 Å². The number of nitrogens with one attached hydrogen (secondary N) is 3. The lowest BCUT2D eigenvalue weighted by molar-refractivity contribution is -0.238. The molecule has 0 radical (unpaired) electrons. The van der Waals surface area contributed by atoms with Crippen LogP contribution >= 0.6 is 12.2 Å². The monoisotopic (exact) mass is 329 g/mol. The van der Waals surface area contributed by atoms with Gasteiger partial charge in [-0.1, -0.05) is 18.2 Å². The van der Waals surface area contributed by atoms with Gasteiger partial charge in [0.05, 0.1) is 6.61 Å². The Bertz CT molecular complexity index is 490. The van der Waals surface area contributed by atoms with E-state index in [-0.39, 0.29) is 5.11 Å². The first-order valence-corrected chi connectivity index (χ1v) is 7.12. The molecule has 122 valence electrons. The summed E-state index contributed by atoms with van der Waals surface area (Å²) in [5.41, 5.74) is 5.99. The predicted molar refractivity (Wildman–Crippen MR) is 82.7 cm³/mol. The van der Waals surface area contributed by atoms with Crippen LogP contribution < -0.4 is 16.2 Å². The normalized spacial score (nSPS) is 31.5. The van der Waals surface area contributed by atoms with Crippen molar-refractivity contribution in [2.75, 3.05) is 11.9 Å². The molecule has 5 atom stereocenters. The van der Waals surface area contributed by atoms with Gasteiger partial charge in [0.1, 0.15) is 24.4 Å². The van der Waals surface area contributed by atoms with Crippen LogP contribution in [0.15, 0.2) is 30.3 Å². The Morgan fingerprint density at radius 2 is 1.77 bits per heavy atom. The Labute approximate surface area is 132 Å². The summed E-state index contributed by atoms with van der Waals surface area (Å²) in [4.78, 5) is 0. The first kappa shape index (κ1) is 17.0. The van der Waals surface area contributed by atoms with Gasteiger partial charge in [-0.25, -0.2) is 5.43 Å². The zero-order valence-electron chi connectivity index (χ0n) is 11.6. The van der Waals surface area contributed by atoms with E-state index in [0.29, 0.717) is 0 Å². The molecule has 1 aliphatic rings. The summed E-state index contributed by atoms with van der Waals surface area (Å²) >= 11 is 5.07. The highest BCUT2D eigenvalue weighted by Crippen LogP contribution is 2.19. The van der Waals surface area contributed by atoms with Crippen LogP contribution in [0.5, 0.6) is 0 Å². The fourth-order valence-electron chi connectivity index (χ4n) is 2.04. The molecule has 7 N–H and O–H groups in total. The number of rotatable bonds is 4. The molecule has 0 unspecified atom stereocenters. The summed E-state index contributed by atoms with van der Waals surface area (Å²) in [7, 11) is 0. The number of para-hydroxylation sites is 1. The second-order valence-electron chi connectivity index (χ2n) is 4.84. The van der Waals surface area contributed by atoms with Gasteiger partial charge in [-0.3, -0.25) is 5.43 Å². The molecular weight excluding hydrogens is 310 g/mol. The van der Waals surface area contributed by atoms with Gasteiger partial charge in [-0.05, 0) is 24.4 Å². The molecule has 8 nitrogen and oxygen atoms in total. The lowest BCUT2D eigenvalue weighted by Gasteiger charge is -2.40. The third kappa shape index (κ3) is 4.11. The van der Waals surface area contributed by atoms with E-state index in [4.69, 9.17) is 22.1 Å². The summed E-state index contributed by atoms with van der Waals surface area (Å²) in [5.74, 6) is 0. The van der Waals surface area contributed by atoms with E-state index in [1.54, 1.807) is 0 Å². The van der Waals surface area contributed by atoms with Crippen molar-refractivity contribution >= 4 is 23.0 Å². The van der Waals surface area contributed by atoms with Crippen molar-refractivity contribution in [3.63, 3.8) is 0 Å². The SMILES string of the molecule is OC[C@@H]1O[C@H](NNC(=S)Nc2ccccc2)[C@H](O)[C@H](O)[C@H]1O. The number of hydrogen-bond acceptors (Lipinski definition) is 7. The van der Waals surface area contributed by atoms with Crippen molar-refractivity contribution in [1.82, 2.24) is 10.9 Å². The van der Waals surface area contributed by atoms with E-state index in [0.717, 1.165) is 5.69 Å². The van der Waals surface area contributed by atoms with Gasteiger partial charge in [0.2, 0.25) is 0 Å². The van der Waals surface area contributed by atoms with Gasteiger partial charge in [-0.15, -0.1) is 0 Å². The number of anilines is 1. The van der Waals surface area contributed by atoms with Crippen molar-refractivity contribution in [3.05, 3.63) is 30.3 Å². The summed E-state index contributed by atoms with van der Waals surface area (Å²) in [6.07, 6.45) is -6.25. The average Bonchev–Trinajstić information content (AvgIpc) is 2.53. The number of ether oxygens (including phenoxy) is 1.